The van der Waals surface area contributed by atoms with Crippen molar-refractivity contribution in [3.63, 3.8) is 0 Å². The van der Waals surface area contributed by atoms with Gasteiger partial charge in [0.2, 0.25) is 0 Å². The highest BCUT2D eigenvalue weighted by Crippen LogP contribution is 2.31. The summed E-state index contributed by atoms with van der Waals surface area (Å²) >= 11 is 0. The fourth-order valence-electron chi connectivity index (χ4n) is 2.48. The van der Waals surface area contributed by atoms with Crippen LogP contribution in [0.5, 0.6) is 5.75 Å². The summed E-state index contributed by atoms with van der Waals surface area (Å²) in [5, 5.41) is 19.6. The minimum atomic E-state index is -0.505. The number of nitrogens with zero attached hydrogens (tertiary/aromatic N) is 1. The minimum absolute atomic E-state index is 0.137. The Balaban J connectivity index is 1.71. The predicted molar refractivity (Wildman–Crippen MR) is 104 cm³/mol. The Labute approximate surface area is 161 Å². The van der Waals surface area contributed by atoms with Crippen molar-refractivity contribution >= 4 is 28.9 Å². The minimum Gasteiger partial charge on any atom is -0.484 e. The molecule has 9 heteroatoms. The average molecular weight is 384 g/mol. The number of rotatable bonds is 8. The SMILES string of the molecule is CNC(=O)COc1cccc(NC(=O)c2ccc(NC3CC3)c([N+](=O)[O-])c2)c1. The molecule has 0 aliphatic heterocycles. The topological polar surface area (TPSA) is 123 Å². The number of ether oxygens (including phenoxy) is 1. The largest absolute Gasteiger partial charge is 0.484 e. The van der Waals surface area contributed by atoms with Crippen molar-refractivity contribution in [1.82, 2.24) is 5.32 Å². The lowest BCUT2D eigenvalue weighted by Gasteiger charge is -2.10. The van der Waals surface area contributed by atoms with Crippen LogP contribution in [0.25, 0.3) is 0 Å². The number of carbonyl (C=O) groups is 2. The van der Waals surface area contributed by atoms with E-state index in [1.165, 1.54) is 13.1 Å². The van der Waals surface area contributed by atoms with Crippen LogP contribution in [-0.4, -0.2) is 36.4 Å². The molecule has 2 aromatic carbocycles. The van der Waals surface area contributed by atoms with Crippen LogP contribution in [0.15, 0.2) is 42.5 Å². The van der Waals surface area contributed by atoms with E-state index in [-0.39, 0.29) is 29.8 Å². The van der Waals surface area contributed by atoms with Crippen molar-refractivity contribution in [3.8, 4) is 5.75 Å². The summed E-state index contributed by atoms with van der Waals surface area (Å²) in [5.74, 6) is -0.345. The van der Waals surface area contributed by atoms with Gasteiger partial charge in [0.25, 0.3) is 17.5 Å². The van der Waals surface area contributed by atoms with E-state index < -0.39 is 10.8 Å². The summed E-state index contributed by atoms with van der Waals surface area (Å²) in [6.45, 7) is -0.143. The molecule has 0 radical (unpaired) electrons. The van der Waals surface area contributed by atoms with Crippen molar-refractivity contribution < 1.29 is 19.2 Å². The number of anilines is 2. The summed E-state index contributed by atoms with van der Waals surface area (Å²) in [5.41, 5.74) is 0.892. The highest BCUT2D eigenvalue weighted by Gasteiger charge is 2.25. The van der Waals surface area contributed by atoms with E-state index in [0.717, 1.165) is 12.8 Å². The van der Waals surface area contributed by atoms with E-state index in [2.05, 4.69) is 16.0 Å². The molecule has 146 valence electrons. The van der Waals surface area contributed by atoms with Crippen LogP contribution in [0, 0.1) is 10.1 Å². The first-order valence-electron chi connectivity index (χ1n) is 8.76. The Kier molecular flexibility index (Phi) is 5.73. The third kappa shape index (κ3) is 4.97. The average Bonchev–Trinajstić information content (AvgIpc) is 3.50. The summed E-state index contributed by atoms with van der Waals surface area (Å²) in [4.78, 5) is 34.6. The van der Waals surface area contributed by atoms with Gasteiger partial charge in [0.1, 0.15) is 11.4 Å². The lowest BCUT2D eigenvalue weighted by molar-refractivity contribution is -0.384. The van der Waals surface area contributed by atoms with E-state index in [1.807, 2.05) is 0 Å². The lowest BCUT2D eigenvalue weighted by atomic mass is 10.1. The monoisotopic (exact) mass is 384 g/mol. The quantitative estimate of drug-likeness (QED) is 0.475. The zero-order valence-corrected chi connectivity index (χ0v) is 15.2. The van der Waals surface area contributed by atoms with Crippen LogP contribution >= 0.6 is 0 Å². The summed E-state index contributed by atoms with van der Waals surface area (Å²) in [6.07, 6.45) is 1.97. The number of nitro benzene ring substituents is 1. The van der Waals surface area contributed by atoms with Crippen LogP contribution in [-0.2, 0) is 4.79 Å². The van der Waals surface area contributed by atoms with Gasteiger partial charge in [-0.05, 0) is 37.1 Å². The van der Waals surface area contributed by atoms with Gasteiger partial charge in [0.05, 0.1) is 4.92 Å². The summed E-state index contributed by atoms with van der Waals surface area (Å²) in [6, 6.07) is 11.2. The number of nitro groups is 1. The molecule has 0 heterocycles. The van der Waals surface area contributed by atoms with Crippen molar-refractivity contribution in [2.45, 2.75) is 18.9 Å². The van der Waals surface area contributed by atoms with Gasteiger partial charge in [-0.3, -0.25) is 19.7 Å². The van der Waals surface area contributed by atoms with Crippen LogP contribution in [0.1, 0.15) is 23.2 Å². The highest BCUT2D eigenvalue weighted by molar-refractivity contribution is 6.05. The molecule has 1 fully saturated rings. The molecule has 0 atom stereocenters. The number of hydrogen-bond donors (Lipinski definition) is 3. The second-order valence-corrected chi connectivity index (χ2v) is 6.35. The zero-order valence-electron chi connectivity index (χ0n) is 15.2. The normalized spacial score (nSPS) is 12.8. The van der Waals surface area contributed by atoms with Gasteiger partial charge in [-0.1, -0.05) is 6.07 Å². The second-order valence-electron chi connectivity index (χ2n) is 6.35. The highest BCUT2D eigenvalue weighted by atomic mass is 16.6. The first-order valence-corrected chi connectivity index (χ1v) is 8.76. The molecule has 3 N–H and O–H groups in total. The van der Waals surface area contributed by atoms with Gasteiger partial charge in [0, 0.05) is 36.5 Å². The summed E-state index contributed by atoms with van der Waals surface area (Å²) in [7, 11) is 1.51. The molecule has 1 aliphatic rings. The molecule has 1 saturated carbocycles. The molecule has 0 unspecified atom stereocenters. The number of amides is 2. The molecule has 0 bridgehead atoms. The molecule has 1 aliphatic carbocycles. The van der Waals surface area contributed by atoms with E-state index in [9.17, 15) is 19.7 Å². The lowest BCUT2D eigenvalue weighted by Crippen LogP contribution is -2.24. The predicted octanol–water partition coefficient (Wildman–Crippen LogP) is 2.55. The number of hydrogen-bond acceptors (Lipinski definition) is 6. The van der Waals surface area contributed by atoms with Gasteiger partial charge in [-0.25, -0.2) is 0 Å². The maximum absolute atomic E-state index is 12.5. The Morgan fingerprint density at radius 2 is 2.00 bits per heavy atom. The molecule has 3 rings (SSSR count). The van der Waals surface area contributed by atoms with Gasteiger partial charge in [0.15, 0.2) is 6.61 Å². The molecule has 9 nitrogen and oxygen atoms in total. The third-order valence-electron chi connectivity index (χ3n) is 4.13. The fraction of sp³-hybridized carbons (Fsp3) is 0.263. The zero-order chi connectivity index (χ0) is 20.1. The second kappa shape index (κ2) is 8.38. The first-order chi connectivity index (χ1) is 13.5. The van der Waals surface area contributed by atoms with Crippen molar-refractivity contribution in [2.75, 3.05) is 24.3 Å². The van der Waals surface area contributed by atoms with E-state index in [1.54, 1.807) is 36.4 Å². The third-order valence-corrected chi connectivity index (χ3v) is 4.13. The van der Waals surface area contributed by atoms with E-state index >= 15 is 0 Å². The van der Waals surface area contributed by atoms with E-state index in [4.69, 9.17) is 4.74 Å². The Morgan fingerprint density at radius 1 is 1.21 bits per heavy atom. The van der Waals surface area contributed by atoms with Crippen molar-refractivity contribution in [2.24, 2.45) is 0 Å². The fourth-order valence-corrected chi connectivity index (χ4v) is 2.48. The molecular weight excluding hydrogens is 364 g/mol. The number of likely N-dealkylation sites (N-methyl/N-ethyl adjacent to an activating group) is 1. The molecule has 2 aromatic rings. The van der Waals surface area contributed by atoms with Gasteiger partial charge < -0.3 is 20.7 Å². The molecule has 0 saturated heterocycles. The van der Waals surface area contributed by atoms with Gasteiger partial charge >= 0.3 is 0 Å². The smallest absolute Gasteiger partial charge is 0.293 e. The number of carbonyl (C=O) groups excluding carboxylic acids is 2. The Bertz CT molecular complexity index is 911. The van der Waals surface area contributed by atoms with Crippen LogP contribution in [0.2, 0.25) is 0 Å². The van der Waals surface area contributed by atoms with Crippen LogP contribution in [0.3, 0.4) is 0 Å². The standard InChI is InChI=1S/C19H20N4O5/c1-20-18(24)11-28-15-4-2-3-14(10-15)22-19(25)12-5-8-16(21-13-6-7-13)17(9-12)23(26)27/h2-5,8-10,13,21H,6-7,11H2,1H3,(H,20,24)(H,22,25). The Hall–Kier alpha value is -3.62. The van der Waals surface area contributed by atoms with Gasteiger partial charge in [-0.15, -0.1) is 0 Å². The van der Waals surface area contributed by atoms with Gasteiger partial charge in [-0.2, -0.15) is 0 Å². The van der Waals surface area contributed by atoms with E-state index in [0.29, 0.717) is 17.1 Å². The molecular formula is C19H20N4O5. The maximum Gasteiger partial charge on any atom is 0.293 e. The maximum atomic E-state index is 12.5. The van der Waals surface area contributed by atoms with Crippen LogP contribution < -0.4 is 20.7 Å². The van der Waals surface area contributed by atoms with Crippen LogP contribution in [0.4, 0.5) is 17.1 Å². The molecule has 0 spiro atoms. The van der Waals surface area contributed by atoms with Crippen molar-refractivity contribution in [1.29, 1.82) is 0 Å². The number of benzene rings is 2. The first kappa shape index (κ1) is 19.2. The molecule has 2 amide bonds. The van der Waals surface area contributed by atoms with Crippen molar-refractivity contribution in [3.05, 3.63) is 58.1 Å². The molecule has 0 aromatic heterocycles. The Morgan fingerprint density at radius 3 is 2.68 bits per heavy atom. The number of nitrogens with one attached hydrogen (secondary N) is 3. The molecule has 28 heavy (non-hydrogen) atoms. The summed E-state index contributed by atoms with van der Waals surface area (Å²) < 4.78 is 5.33.